The number of hydrogen-bond acceptors (Lipinski definition) is 3. The highest BCUT2D eigenvalue weighted by molar-refractivity contribution is 9.10. The molecule has 1 fully saturated rings. The fourth-order valence-corrected chi connectivity index (χ4v) is 2.38. The molecule has 3 N–H and O–H groups in total. The molecule has 1 amide bonds. The van der Waals surface area contributed by atoms with E-state index in [0.717, 1.165) is 28.8 Å². The zero-order valence-electron chi connectivity index (χ0n) is 11.7. The maximum atomic E-state index is 11.7. The number of rotatable bonds is 7. The third-order valence-corrected chi connectivity index (χ3v) is 3.70. The van der Waals surface area contributed by atoms with Crippen LogP contribution in [0.4, 0.5) is 0 Å². The van der Waals surface area contributed by atoms with E-state index in [4.69, 9.17) is 10.5 Å². The summed E-state index contributed by atoms with van der Waals surface area (Å²) in [5, 5.41) is 2.89. The molecule has 0 heterocycles. The van der Waals surface area contributed by atoms with Gasteiger partial charge in [0.1, 0.15) is 5.75 Å². The van der Waals surface area contributed by atoms with Crippen molar-refractivity contribution >= 4 is 21.8 Å². The second-order valence-corrected chi connectivity index (χ2v) is 6.39. The Labute approximate surface area is 128 Å². The van der Waals surface area contributed by atoms with E-state index in [1.807, 2.05) is 25.1 Å². The van der Waals surface area contributed by atoms with Crippen LogP contribution < -0.4 is 15.8 Å². The molecule has 0 spiro atoms. The minimum absolute atomic E-state index is 0.0512. The molecule has 20 heavy (non-hydrogen) atoms. The first-order valence-electron chi connectivity index (χ1n) is 6.98. The summed E-state index contributed by atoms with van der Waals surface area (Å²) in [4.78, 5) is 11.7. The zero-order valence-corrected chi connectivity index (χ0v) is 13.3. The van der Waals surface area contributed by atoms with Gasteiger partial charge in [-0.25, -0.2) is 0 Å². The lowest BCUT2D eigenvalue weighted by molar-refractivity contribution is -0.123. The first-order chi connectivity index (χ1) is 9.54. The summed E-state index contributed by atoms with van der Waals surface area (Å²) >= 11 is 3.44. The summed E-state index contributed by atoms with van der Waals surface area (Å²) in [7, 11) is 0. The molecule has 0 aliphatic heterocycles. The Morgan fingerprint density at radius 2 is 2.30 bits per heavy atom. The van der Waals surface area contributed by atoms with Crippen molar-refractivity contribution in [2.24, 2.45) is 11.7 Å². The molecule has 1 aromatic rings. The predicted octanol–water partition coefficient (Wildman–Crippen LogP) is 2.24. The molecule has 4 nitrogen and oxygen atoms in total. The van der Waals surface area contributed by atoms with Gasteiger partial charge >= 0.3 is 0 Å². The third-order valence-electron chi connectivity index (χ3n) is 3.21. The van der Waals surface area contributed by atoms with Crippen LogP contribution in [0.2, 0.25) is 0 Å². The number of nitrogens with one attached hydrogen (secondary N) is 1. The number of amides is 1. The predicted molar refractivity (Wildman–Crippen MR) is 82.7 cm³/mol. The largest absolute Gasteiger partial charge is 0.483 e. The van der Waals surface area contributed by atoms with Gasteiger partial charge in [0.2, 0.25) is 0 Å². The highest BCUT2D eigenvalue weighted by Gasteiger charge is 2.21. The van der Waals surface area contributed by atoms with Gasteiger partial charge in [0.05, 0.1) is 0 Å². The van der Waals surface area contributed by atoms with Crippen LogP contribution in [0, 0.1) is 5.92 Å². The van der Waals surface area contributed by atoms with E-state index in [0.29, 0.717) is 5.92 Å². The van der Waals surface area contributed by atoms with Gasteiger partial charge in [-0.3, -0.25) is 4.79 Å². The summed E-state index contributed by atoms with van der Waals surface area (Å²) in [5.41, 5.74) is 6.86. The maximum absolute atomic E-state index is 11.7. The summed E-state index contributed by atoms with van der Waals surface area (Å²) in [6, 6.07) is 5.81. The second kappa shape index (κ2) is 7.09. The van der Waals surface area contributed by atoms with Crippen molar-refractivity contribution in [3.05, 3.63) is 28.2 Å². The standard InChI is InChI=1S/C15H21BrN2O2/c1-10(17)6-12-7-13(16)4-5-14(12)20-9-15(19)18-8-11-2-3-11/h4-5,7,10-11H,2-3,6,8-9,17H2,1H3,(H,18,19). The van der Waals surface area contributed by atoms with Crippen LogP contribution in [0.5, 0.6) is 5.75 Å². The number of halogens is 1. The van der Waals surface area contributed by atoms with E-state index in [2.05, 4.69) is 21.2 Å². The first-order valence-corrected chi connectivity index (χ1v) is 7.77. The van der Waals surface area contributed by atoms with Gasteiger partial charge < -0.3 is 15.8 Å². The molecule has 1 aromatic carbocycles. The Bertz CT molecular complexity index is 473. The summed E-state index contributed by atoms with van der Waals surface area (Å²) < 4.78 is 6.60. The number of carbonyl (C=O) groups excluding carboxylic acids is 1. The molecule has 1 unspecified atom stereocenters. The number of hydrogen-bond donors (Lipinski definition) is 2. The van der Waals surface area contributed by atoms with Gasteiger partial charge in [-0.1, -0.05) is 15.9 Å². The molecule has 110 valence electrons. The van der Waals surface area contributed by atoms with Crippen molar-refractivity contribution in [2.45, 2.75) is 32.2 Å². The average molecular weight is 341 g/mol. The Morgan fingerprint density at radius 3 is 2.95 bits per heavy atom. The molecule has 0 saturated heterocycles. The summed E-state index contributed by atoms with van der Waals surface area (Å²) in [5.74, 6) is 1.35. The van der Waals surface area contributed by atoms with Crippen molar-refractivity contribution < 1.29 is 9.53 Å². The van der Waals surface area contributed by atoms with Gasteiger partial charge in [-0.15, -0.1) is 0 Å². The van der Waals surface area contributed by atoms with Crippen LogP contribution in [0.1, 0.15) is 25.3 Å². The molecular formula is C15H21BrN2O2. The van der Waals surface area contributed by atoms with E-state index in [9.17, 15) is 4.79 Å². The van der Waals surface area contributed by atoms with Gasteiger partial charge in [-0.2, -0.15) is 0 Å². The van der Waals surface area contributed by atoms with Crippen molar-refractivity contribution in [1.82, 2.24) is 5.32 Å². The van der Waals surface area contributed by atoms with Crippen LogP contribution in [0.25, 0.3) is 0 Å². The van der Waals surface area contributed by atoms with Gasteiger partial charge in [0.25, 0.3) is 5.91 Å². The Morgan fingerprint density at radius 1 is 1.55 bits per heavy atom. The molecule has 0 aromatic heterocycles. The van der Waals surface area contributed by atoms with Crippen LogP contribution in [-0.4, -0.2) is 25.1 Å². The van der Waals surface area contributed by atoms with Crippen LogP contribution in [0.15, 0.2) is 22.7 Å². The van der Waals surface area contributed by atoms with E-state index in [1.165, 1.54) is 12.8 Å². The normalized spacial score (nSPS) is 15.8. The van der Waals surface area contributed by atoms with Crippen LogP contribution in [0.3, 0.4) is 0 Å². The summed E-state index contributed by atoms with van der Waals surface area (Å²) in [6.07, 6.45) is 3.18. The van der Waals surface area contributed by atoms with E-state index in [1.54, 1.807) is 0 Å². The fourth-order valence-electron chi connectivity index (χ4n) is 1.97. The van der Waals surface area contributed by atoms with E-state index < -0.39 is 0 Å². The molecule has 0 bridgehead atoms. The number of ether oxygens (including phenoxy) is 1. The molecule has 1 atom stereocenters. The lowest BCUT2D eigenvalue weighted by Crippen LogP contribution is -2.30. The van der Waals surface area contributed by atoms with Crippen molar-refractivity contribution in [1.29, 1.82) is 0 Å². The average Bonchev–Trinajstić information content (AvgIpc) is 3.18. The first kappa shape index (κ1) is 15.3. The van der Waals surface area contributed by atoms with Crippen molar-refractivity contribution in [3.8, 4) is 5.75 Å². The van der Waals surface area contributed by atoms with Gasteiger partial charge in [-0.05, 0) is 55.9 Å². The Balaban J connectivity index is 1.88. The van der Waals surface area contributed by atoms with Gasteiger partial charge in [0, 0.05) is 17.1 Å². The molecule has 0 radical (unpaired) electrons. The molecule has 2 rings (SSSR count). The third kappa shape index (κ3) is 5.13. The SMILES string of the molecule is CC(N)Cc1cc(Br)ccc1OCC(=O)NCC1CC1. The van der Waals surface area contributed by atoms with Gasteiger partial charge in [0.15, 0.2) is 6.61 Å². The Hall–Kier alpha value is -1.07. The number of carbonyl (C=O) groups is 1. The monoisotopic (exact) mass is 340 g/mol. The highest BCUT2D eigenvalue weighted by Crippen LogP contribution is 2.27. The molecular weight excluding hydrogens is 320 g/mol. The number of benzene rings is 1. The van der Waals surface area contributed by atoms with Crippen molar-refractivity contribution in [3.63, 3.8) is 0 Å². The minimum Gasteiger partial charge on any atom is -0.483 e. The summed E-state index contributed by atoms with van der Waals surface area (Å²) in [6.45, 7) is 2.78. The lowest BCUT2D eigenvalue weighted by atomic mass is 10.1. The lowest BCUT2D eigenvalue weighted by Gasteiger charge is -2.13. The topological polar surface area (TPSA) is 64.3 Å². The zero-order chi connectivity index (χ0) is 14.5. The second-order valence-electron chi connectivity index (χ2n) is 5.47. The fraction of sp³-hybridized carbons (Fsp3) is 0.533. The molecule has 5 heteroatoms. The number of nitrogens with two attached hydrogens (primary N) is 1. The minimum atomic E-state index is -0.0634. The quantitative estimate of drug-likeness (QED) is 0.800. The van der Waals surface area contributed by atoms with E-state index >= 15 is 0 Å². The maximum Gasteiger partial charge on any atom is 0.257 e. The van der Waals surface area contributed by atoms with Crippen LogP contribution in [-0.2, 0) is 11.2 Å². The molecule has 1 saturated carbocycles. The molecule has 1 aliphatic rings. The van der Waals surface area contributed by atoms with E-state index in [-0.39, 0.29) is 18.6 Å². The van der Waals surface area contributed by atoms with Crippen molar-refractivity contribution in [2.75, 3.05) is 13.2 Å². The highest BCUT2D eigenvalue weighted by atomic mass is 79.9. The van der Waals surface area contributed by atoms with Crippen LogP contribution >= 0.6 is 15.9 Å². The Kier molecular flexibility index (Phi) is 5.43. The molecule has 1 aliphatic carbocycles. The smallest absolute Gasteiger partial charge is 0.257 e.